The van der Waals surface area contributed by atoms with Crippen molar-refractivity contribution in [3.05, 3.63) is 30.1 Å². The molecule has 1 aromatic heterocycles. The fraction of sp³-hybridized carbons (Fsp3) is 0.600. The fourth-order valence-corrected chi connectivity index (χ4v) is 2.65. The fourth-order valence-electron chi connectivity index (χ4n) is 2.65. The van der Waals surface area contributed by atoms with Gasteiger partial charge in [0.15, 0.2) is 0 Å². The van der Waals surface area contributed by atoms with E-state index in [0.29, 0.717) is 6.04 Å². The van der Waals surface area contributed by atoms with E-state index in [2.05, 4.69) is 27.3 Å². The maximum atomic E-state index is 12.0. The van der Waals surface area contributed by atoms with E-state index in [0.717, 1.165) is 32.5 Å². The number of pyridine rings is 1. The molecule has 4 nitrogen and oxygen atoms in total. The molecule has 0 radical (unpaired) electrons. The number of nitrogens with one attached hydrogen (secondary N) is 1. The lowest BCUT2D eigenvalue weighted by atomic mass is 9.95. The molecule has 1 aliphatic carbocycles. The van der Waals surface area contributed by atoms with Crippen LogP contribution in [0.4, 0.5) is 0 Å². The van der Waals surface area contributed by atoms with Gasteiger partial charge >= 0.3 is 0 Å². The standard InChI is InChI=1S/C15H21N3O/c19-15(17-14-1-2-14)13-5-9-18(10-6-13)11-12-3-7-16-8-4-12/h3-4,7-8,13-14H,1-2,5-6,9-11H2,(H,17,19). The van der Waals surface area contributed by atoms with Crippen LogP contribution in [0.2, 0.25) is 0 Å². The molecule has 2 fully saturated rings. The highest BCUT2D eigenvalue weighted by Crippen LogP contribution is 2.23. The number of aromatic nitrogens is 1. The predicted octanol–water partition coefficient (Wildman–Crippen LogP) is 1.57. The molecule has 0 aromatic carbocycles. The summed E-state index contributed by atoms with van der Waals surface area (Å²) in [6, 6.07) is 4.61. The van der Waals surface area contributed by atoms with Crippen LogP contribution in [0.3, 0.4) is 0 Å². The third kappa shape index (κ3) is 3.53. The highest BCUT2D eigenvalue weighted by Gasteiger charge is 2.29. The first-order valence-electron chi connectivity index (χ1n) is 7.23. The van der Waals surface area contributed by atoms with E-state index in [1.165, 1.54) is 18.4 Å². The van der Waals surface area contributed by atoms with Gasteiger partial charge in [0.25, 0.3) is 0 Å². The van der Waals surface area contributed by atoms with Gasteiger partial charge in [-0.3, -0.25) is 14.7 Å². The molecule has 1 saturated carbocycles. The molecule has 0 spiro atoms. The second kappa shape index (κ2) is 5.70. The molecule has 3 rings (SSSR count). The summed E-state index contributed by atoms with van der Waals surface area (Å²) in [4.78, 5) is 18.4. The van der Waals surface area contributed by atoms with Gasteiger partial charge in [-0.25, -0.2) is 0 Å². The van der Waals surface area contributed by atoms with E-state index >= 15 is 0 Å². The van der Waals surface area contributed by atoms with E-state index in [4.69, 9.17) is 0 Å². The van der Waals surface area contributed by atoms with Crippen molar-refractivity contribution in [2.24, 2.45) is 5.92 Å². The Morgan fingerprint density at radius 2 is 1.89 bits per heavy atom. The number of hydrogen-bond donors (Lipinski definition) is 1. The molecule has 2 heterocycles. The van der Waals surface area contributed by atoms with Gasteiger partial charge in [-0.2, -0.15) is 0 Å². The molecule has 1 saturated heterocycles. The number of hydrogen-bond acceptors (Lipinski definition) is 3. The van der Waals surface area contributed by atoms with Crippen LogP contribution in [0.1, 0.15) is 31.2 Å². The zero-order valence-corrected chi connectivity index (χ0v) is 11.2. The van der Waals surface area contributed by atoms with E-state index in [9.17, 15) is 4.79 Å². The van der Waals surface area contributed by atoms with E-state index < -0.39 is 0 Å². The summed E-state index contributed by atoms with van der Waals surface area (Å²) in [6.07, 6.45) is 8.00. The number of carbonyl (C=O) groups is 1. The number of amides is 1. The third-order valence-corrected chi connectivity index (χ3v) is 4.04. The Bertz CT molecular complexity index is 422. The summed E-state index contributed by atoms with van der Waals surface area (Å²) < 4.78 is 0. The van der Waals surface area contributed by atoms with Gasteiger partial charge in [0, 0.05) is 30.9 Å². The Balaban J connectivity index is 1.45. The molecule has 1 aliphatic heterocycles. The Labute approximate surface area is 114 Å². The molecule has 4 heteroatoms. The lowest BCUT2D eigenvalue weighted by Crippen LogP contribution is -2.40. The van der Waals surface area contributed by atoms with Crippen LogP contribution in [0.15, 0.2) is 24.5 Å². The molecular weight excluding hydrogens is 238 g/mol. The van der Waals surface area contributed by atoms with Gasteiger partial charge in [0.05, 0.1) is 0 Å². The Morgan fingerprint density at radius 3 is 2.53 bits per heavy atom. The summed E-state index contributed by atoms with van der Waals surface area (Å²) in [5, 5.41) is 3.12. The van der Waals surface area contributed by atoms with Gasteiger partial charge < -0.3 is 5.32 Å². The summed E-state index contributed by atoms with van der Waals surface area (Å²) in [7, 11) is 0. The van der Waals surface area contributed by atoms with Crippen LogP contribution < -0.4 is 5.32 Å². The first-order valence-corrected chi connectivity index (χ1v) is 7.23. The number of nitrogens with zero attached hydrogens (tertiary/aromatic N) is 2. The van der Waals surface area contributed by atoms with Crippen LogP contribution >= 0.6 is 0 Å². The zero-order valence-electron chi connectivity index (χ0n) is 11.2. The number of carbonyl (C=O) groups excluding carboxylic acids is 1. The van der Waals surface area contributed by atoms with Crippen molar-refractivity contribution in [1.29, 1.82) is 0 Å². The number of rotatable bonds is 4. The lowest BCUT2D eigenvalue weighted by Gasteiger charge is -2.31. The van der Waals surface area contributed by atoms with Gasteiger partial charge in [-0.15, -0.1) is 0 Å². The first kappa shape index (κ1) is 12.6. The topological polar surface area (TPSA) is 45.2 Å². The van der Waals surface area contributed by atoms with Gasteiger partial charge in [0.2, 0.25) is 5.91 Å². The minimum atomic E-state index is 0.231. The summed E-state index contributed by atoms with van der Waals surface area (Å²) in [5.74, 6) is 0.514. The average Bonchev–Trinajstić information content (AvgIpc) is 3.25. The minimum absolute atomic E-state index is 0.231. The SMILES string of the molecule is O=C(NC1CC1)C1CCN(Cc2ccncc2)CC1. The van der Waals surface area contributed by atoms with E-state index in [1.807, 2.05) is 12.4 Å². The van der Waals surface area contributed by atoms with Crippen molar-refractivity contribution < 1.29 is 4.79 Å². The molecule has 19 heavy (non-hydrogen) atoms. The molecule has 0 bridgehead atoms. The van der Waals surface area contributed by atoms with Gasteiger partial charge in [-0.1, -0.05) is 0 Å². The molecule has 2 aliphatic rings. The van der Waals surface area contributed by atoms with Crippen molar-refractivity contribution in [2.75, 3.05) is 13.1 Å². The highest BCUT2D eigenvalue weighted by molar-refractivity contribution is 5.79. The molecule has 1 aromatic rings. The smallest absolute Gasteiger partial charge is 0.223 e. The van der Waals surface area contributed by atoms with Crippen molar-refractivity contribution in [3.63, 3.8) is 0 Å². The maximum absolute atomic E-state index is 12.0. The predicted molar refractivity (Wildman–Crippen MR) is 73.4 cm³/mol. The molecule has 1 amide bonds. The van der Waals surface area contributed by atoms with Crippen LogP contribution in [0.25, 0.3) is 0 Å². The third-order valence-electron chi connectivity index (χ3n) is 4.04. The van der Waals surface area contributed by atoms with Crippen LogP contribution in [-0.4, -0.2) is 34.9 Å². The molecule has 1 N–H and O–H groups in total. The number of likely N-dealkylation sites (tertiary alicyclic amines) is 1. The normalized spacial score (nSPS) is 21.3. The number of piperidine rings is 1. The van der Waals surface area contributed by atoms with E-state index in [-0.39, 0.29) is 11.8 Å². The average molecular weight is 259 g/mol. The summed E-state index contributed by atoms with van der Waals surface area (Å²) in [6.45, 7) is 3.01. The minimum Gasteiger partial charge on any atom is -0.353 e. The first-order chi connectivity index (χ1) is 9.31. The van der Waals surface area contributed by atoms with Crippen molar-refractivity contribution >= 4 is 5.91 Å². The molecular formula is C15H21N3O. The largest absolute Gasteiger partial charge is 0.353 e. The molecule has 0 unspecified atom stereocenters. The molecule has 102 valence electrons. The quantitative estimate of drug-likeness (QED) is 0.892. The monoisotopic (exact) mass is 259 g/mol. The Hall–Kier alpha value is -1.42. The second-order valence-corrected chi connectivity index (χ2v) is 5.69. The summed E-state index contributed by atoms with van der Waals surface area (Å²) in [5.41, 5.74) is 1.30. The lowest BCUT2D eigenvalue weighted by molar-refractivity contribution is -0.126. The summed E-state index contributed by atoms with van der Waals surface area (Å²) >= 11 is 0. The van der Waals surface area contributed by atoms with Crippen molar-refractivity contribution in [3.8, 4) is 0 Å². The molecule has 0 atom stereocenters. The van der Waals surface area contributed by atoms with Crippen molar-refractivity contribution in [1.82, 2.24) is 15.2 Å². The Morgan fingerprint density at radius 1 is 1.21 bits per heavy atom. The Kier molecular flexibility index (Phi) is 3.78. The second-order valence-electron chi connectivity index (χ2n) is 5.69. The van der Waals surface area contributed by atoms with Crippen LogP contribution in [-0.2, 0) is 11.3 Å². The van der Waals surface area contributed by atoms with Gasteiger partial charge in [0.1, 0.15) is 0 Å². The maximum Gasteiger partial charge on any atom is 0.223 e. The van der Waals surface area contributed by atoms with E-state index in [1.54, 1.807) is 0 Å². The van der Waals surface area contributed by atoms with Crippen molar-refractivity contribution in [2.45, 2.75) is 38.3 Å². The highest BCUT2D eigenvalue weighted by atomic mass is 16.2. The zero-order chi connectivity index (χ0) is 13.1. The van der Waals surface area contributed by atoms with Crippen LogP contribution in [0, 0.1) is 5.92 Å². The van der Waals surface area contributed by atoms with Crippen LogP contribution in [0.5, 0.6) is 0 Å². The van der Waals surface area contributed by atoms with Gasteiger partial charge in [-0.05, 0) is 56.5 Å².